The van der Waals surface area contributed by atoms with Crippen molar-refractivity contribution in [1.29, 1.82) is 0 Å². The summed E-state index contributed by atoms with van der Waals surface area (Å²) in [6.07, 6.45) is 7.76. The highest BCUT2D eigenvalue weighted by Gasteiger charge is 2.31. The van der Waals surface area contributed by atoms with Crippen molar-refractivity contribution < 1.29 is 4.42 Å². The van der Waals surface area contributed by atoms with Crippen LogP contribution in [0.3, 0.4) is 0 Å². The molecule has 0 saturated heterocycles. The third kappa shape index (κ3) is 4.02. The molecule has 3 N–H and O–H groups in total. The highest BCUT2D eigenvalue weighted by Crippen LogP contribution is 2.39. The molecule has 1 atom stereocenters. The standard InChI is InChI=1S/C26H27N9O2/c1-4-19(31-24-22(23(27)28-13-29-24)25-33-32-14(2)37-25)20-10-15-6-5-7-18(16-11-30-34(3)12-16)21(15)26(36)35(20)17-8-9-17/h5-7,10-13,17,19H,4,8-9H2,1-3H3,(H3,27,28,29,31)/t19-/m0/s1. The Morgan fingerprint density at radius 2 is 2.08 bits per heavy atom. The summed E-state index contributed by atoms with van der Waals surface area (Å²) in [7, 11) is 1.87. The van der Waals surface area contributed by atoms with Gasteiger partial charge in [-0.15, -0.1) is 10.2 Å². The number of nitrogen functional groups attached to an aromatic ring is 1. The van der Waals surface area contributed by atoms with Gasteiger partial charge in [0.05, 0.1) is 17.6 Å². The summed E-state index contributed by atoms with van der Waals surface area (Å²) in [5.74, 6) is 1.36. The Bertz CT molecular complexity index is 1680. The number of aromatic nitrogens is 7. The van der Waals surface area contributed by atoms with Crippen molar-refractivity contribution in [2.24, 2.45) is 7.05 Å². The average molecular weight is 498 g/mol. The van der Waals surface area contributed by atoms with Gasteiger partial charge in [-0.3, -0.25) is 9.48 Å². The molecule has 37 heavy (non-hydrogen) atoms. The number of nitrogens with one attached hydrogen (secondary N) is 1. The number of hydrogen-bond donors (Lipinski definition) is 2. The first-order valence-corrected chi connectivity index (χ1v) is 12.3. The second-order valence-electron chi connectivity index (χ2n) is 9.36. The molecule has 1 aliphatic rings. The van der Waals surface area contributed by atoms with Gasteiger partial charge in [0, 0.05) is 37.5 Å². The highest BCUT2D eigenvalue weighted by molar-refractivity contribution is 5.96. The molecular weight excluding hydrogens is 470 g/mol. The van der Waals surface area contributed by atoms with Crippen LogP contribution >= 0.6 is 0 Å². The number of nitrogens with two attached hydrogens (primary N) is 1. The minimum atomic E-state index is -0.225. The molecule has 1 fully saturated rings. The lowest BCUT2D eigenvalue weighted by Crippen LogP contribution is -2.27. The molecule has 11 nitrogen and oxygen atoms in total. The van der Waals surface area contributed by atoms with E-state index >= 15 is 0 Å². The molecule has 1 aromatic carbocycles. The van der Waals surface area contributed by atoms with Gasteiger partial charge in [0.2, 0.25) is 5.89 Å². The van der Waals surface area contributed by atoms with E-state index < -0.39 is 0 Å². The lowest BCUT2D eigenvalue weighted by Gasteiger charge is -2.24. The van der Waals surface area contributed by atoms with Gasteiger partial charge in [-0.25, -0.2) is 9.97 Å². The van der Waals surface area contributed by atoms with E-state index in [-0.39, 0.29) is 29.4 Å². The van der Waals surface area contributed by atoms with Gasteiger partial charge in [0.1, 0.15) is 23.5 Å². The van der Waals surface area contributed by atoms with Crippen molar-refractivity contribution in [1.82, 2.24) is 34.5 Å². The van der Waals surface area contributed by atoms with Gasteiger partial charge in [0.25, 0.3) is 11.4 Å². The summed E-state index contributed by atoms with van der Waals surface area (Å²) in [5.41, 5.74) is 9.35. The fraction of sp³-hybridized carbons (Fsp3) is 0.308. The molecule has 0 spiro atoms. The molecule has 11 heteroatoms. The molecule has 1 aliphatic carbocycles. The smallest absolute Gasteiger partial charge is 0.259 e. The summed E-state index contributed by atoms with van der Waals surface area (Å²) in [6.45, 7) is 3.78. The van der Waals surface area contributed by atoms with E-state index in [1.54, 1.807) is 17.8 Å². The van der Waals surface area contributed by atoms with Gasteiger partial charge in [0.15, 0.2) is 0 Å². The lowest BCUT2D eigenvalue weighted by atomic mass is 9.99. The van der Waals surface area contributed by atoms with Crippen molar-refractivity contribution >= 4 is 22.4 Å². The number of rotatable bonds is 7. The van der Waals surface area contributed by atoms with Crippen LogP contribution in [0.1, 0.15) is 49.9 Å². The van der Waals surface area contributed by atoms with Crippen molar-refractivity contribution in [2.45, 2.75) is 45.2 Å². The Labute approximate surface area is 212 Å². The molecule has 6 rings (SSSR count). The van der Waals surface area contributed by atoms with E-state index in [0.717, 1.165) is 35.0 Å². The molecule has 5 aromatic rings. The number of nitrogens with zero attached hydrogens (tertiary/aromatic N) is 7. The van der Waals surface area contributed by atoms with Gasteiger partial charge in [-0.05, 0) is 36.3 Å². The van der Waals surface area contributed by atoms with Crippen LogP contribution in [-0.2, 0) is 7.05 Å². The van der Waals surface area contributed by atoms with Crippen molar-refractivity contribution in [3.63, 3.8) is 0 Å². The molecule has 4 aromatic heterocycles. The van der Waals surface area contributed by atoms with Gasteiger partial charge in [-0.2, -0.15) is 5.10 Å². The van der Waals surface area contributed by atoms with Crippen LogP contribution < -0.4 is 16.6 Å². The number of aryl methyl sites for hydroxylation is 2. The summed E-state index contributed by atoms with van der Waals surface area (Å²) in [5, 5.41) is 17.4. The molecule has 0 bridgehead atoms. The minimum Gasteiger partial charge on any atom is -0.421 e. The fourth-order valence-corrected chi connectivity index (χ4v) is 4.84. The van der Waals surface area contributed by atoms with Gasteiger partial charge in [-0.1, -0.05) is 25.1 Å². The molecule has 0 aliphatic heterocycles. The van der Waals surface area contributed by atoms with E-state index in [1.807, 2.05) is 36.0 Å². The summed E-state index contributed by atoms with van der Waals surface area (Å²) < 4.78 is 9.33. The van der Waals surface area contributed by atoms with Crippen LogP contribution in [0.4, 0.5) is 11.6 Å². The Balaban J connectivity index is 1.50. The van der Waals surface area contributed by atoms with Crippen LogP contribution in [0.15, 0.2) is 52.2 Å². The largest absolute Gasteiger partial charge is 0.421 e. The number of pyridine rings is 1. The van der Waals surface area contributed by atoms with Crippen LogP contribution in [0, 0.1) is 6.92 Å². The number of fused-ring (bicyclic) bond motifs is 1. The summed E-state index contributed by atoms with van der Waals surface area (Å²) in [4.78, 5) is 22.6. The van der Waals surface area contributed by atoms with Crippen molar-refractivity contribution in [2.75, 3.05) is 11.1 Å². The third-order valence-corrected chi connectivity index (χ3v) is 6.73. The van der Waals surface area contributed by atoms with Crippen molar-refractivity contribution in [3.05, 3.63) is 64.9 Å². The highest BCUT2D eigenvalue weighted by atomic mass is 16.4. The maximum atomic E-state index is 14.1. The zero-order chi connectivity index (χ0) is 25.7. The lowest BCUT2D eigenvalue weighted by molar-refractivity contribution is 0.532. The van der Waals surface area contributed by atoms with Crippen molar-refractivity contribution in [3.8, 4) is 22.6 Å². The number of anilines is 2. The topological polar surface area (TPSA) is 143 Å². The summed E-state index contributed by atoms with van der Waals surface area (Å²) in [6, 6.07) is 7.99. The predicted molar refractivity (Wildman–Crippen MR) is 140 cm³/mol. The zero-order valence-corrected chi connectivity index (χ0v) is 20.8. The van der Waals surface area contributed by atoms with Crippen LogP contribution in [0.25, 0.3) is 33.4 Å². The normalized spacial score (nSPS) is 14.2. The quantitative estimate of drug-likeness (QED) is 0.341. The monoisotopic (exact) mass is 497 g/mol. The van der Waals surface area contributed by atoms with Crippen LogP contribution in [-0.4, -0.2) is 34.5 Å². The van der Waals surface area contributed by atoms with Crippen LogP contribution in [0.2, 0.25) is 0 Å². The van der Waals surface area contributed by atoms with Gasteiger partial charge < -0.3 is 20.0 Å². The van der Waals surface area contributed by atoms with E-state index in [1.165, 1.54) is 6.33 Å². The number of hydrogen-bond acceptors (Lipinski definition) is 9. The SMILES string of the molecule is CC[C@H](Nc1ncnc(N)c1-c1nnc(C)o1)c1cc2cccc(-c3cnn(C)c3)c2c(=O)n1C1CC1. The maximum Gasteiger partial charge on any atom is 0.259 e. The van der Waals surface area contributed by atoms with Crippen LogP contribution in [0.5, 0.6) is 0 Å². The minimum absolute atomic E-state index is 0.00431. The first-order chi connectivity index (χ1) is 17.9. The first kappa shape index (κ1) is 22.9. The van der Waals surface area contributed by atoms with E-state index in [9.17, 15) is 4.79 Å². The Morgan fingerprint density at radius 1 is 1.24 bits per heavy atom. The second-order valence-corrected chi connectivity index (χ2v) is 9.36. The summed E-state index contributed by atoms with van der Waals surface area (Å²) >= 11 is 0. The Kier molecular flexibility index (Phi) is 5.47. The van der Waals surface area contributed by atoms with E-state index in [4.69, 9.17) is 10.2 Å². The van der Waals surface area contributed by atoms with E-state index in [2.05, 4.69) is 43.6 Å². The molecule has 0 unspecified atom stereocenters. The fourth-order valence-electron chi connectivity index (χ4n) is 4.84. The Hall–Kier alpha value is -4.54. The Morgan fingerprint density at radius 3 is 2.76 bits per heavy atom. The van der Waals surface area contributed by atoms with Gasteiger partial charge >= 0.3 is 0 Å². The third-order valence-electron chi connectivity index (χ3n) is 6.73. The molecule has 0 amide bonds. The maximum absolute atomic E-state index is 14.1. The zero-order valence-electron chi connectivity index (χ0n) is 20.8. The number of benzene rings is 1. The molecular formula is C26H27N9O2. The first-order valence-electron chi connectivity index (χ1n) is 12.3. The molecule has 4 heterocycles. The predicted octanol–water partition coefficient (Wildman–Crippen LogP) is 4.03. The van der Waals surface area contributed by atoms with E-state index in [0.29, 0.717) is 29.1 Å². The molecule has 0 radical (unpaired) electrons. The molecule has 1 saturated carbocycles. The average Bonchev–Trinajstić information content (AvgIpc) is 3.48. The molecule has 188 valence electrons. The second kappa shape index (κ2) is 8.84.